The van der Waals surface area contributed by atoms with Crippen LogP contribution in [0, 0.1) is 0 Å². The monoisotopic (exact) mass is 628 g/mol. The minimum absolute atomic E-state index is 0.0392. The molecule has 9 heteroatoms. The van der Waals surface area contributed by atoms with Gasteiger partial charge in [-0.05, 0) is 36.0 Å². The molecule has 1 rings (SSSR count). The molecule has 2 atom stereocenters. The topological polar surface area (TPSA) is 91.3 Å². The molecule has 0 heterocycles. The second-order valence-corrected chi connectivity index (χ2v) is 13.6. The van der Waals surface area contributed by atoms with E-state index in [9.17, 15) is 14.5 Å². The first-order valence-electron chi connectivity index (χ1n) is 16.1. The van der Waals surface area contributed by atoms with Crippen molar-refractivity contribution >= 4 is 26.5 Å². The predicted octanol–water partition coefficient (Wildman–Crippen LogP) is 9.40. The Morgan fingerprint density at radius 2 is 1.38 bits per heavy atom. The number of carbonyl (C=O) groups excluding carboxylic acids is 1. The summed E-state index contributed by atoms with van der Waals surface area (Å²) in [6.07, 6.45) is 15.6. The Bertz CT molecular complexity index is 831. The number of benzene rings is 1. The van der Waals surface area contributed by atoms with Gasteiger partial charge in [0.25, 0.3) is 0 Å². The Kier molecular flexibility index (Phi) is 21.5. The summed E-state index contributed by atoms with van der Waals surface area (Å²) in [7, 11) is -0.889. The molecule has 0 spiro atoms. The van der Waals surface area contributed by atoms with Gasteiger partial charge in [0, 0.05) is 12.4 Å². The van der Waals surface area contributed by atoms with Gasteiger partial charge in [0.05, 0.1) is 18.6 Å². The summed E-state index contributed by atoms with van der Waals surface area (Å²) in [4.78, 5) is 12.5. The molecule has 0 radical (unpaired) electrons. The minimum atomic E-state index is -2.59. The van der Waals surface area contributed by atoms with Crippen LogP contribution >= 0.6 is 20.5 Å². The number of aliphatic hydroxyl groups is 1. The van der Waals surface area contributed by atoms with Gasteiger partial charge >= 0.3 is 11.5 Å². The summed E-state index contributed by atoms with van der Waals surface area (Å²) >= 11 is 0.951. The van der Waals surface area contributed by atoms with Crippen molar-refractivity contribution in [2.24, 2.45) is 0 Å². The zero-order valence-corrected chi connectivity index (χ0v) is 28.6. The molecule has 0 amide bonds. The van der Waals surface area contributed by atoms with Crippen LogP contribution in [-0.4, -0.2) is 48.3 Å². The van der Waals surface area contributed by atoms with Crippen molar-refractivity contribution in [1.82, 2.24) is 0 Å². The van der Waals surface area contributed by atoms with Gasteiger partial charge in [0.2, 0.25) is 8.46 Å². The molecule has 1 N–H and O–H groups in total. The van der Waals surface area contributed by atoms with Crippen LogP contribution in [0.25, 0.3) is 0 Å². The maximum absolute atomic E-state index is 12.5. The lowest BCUT2D eigenvalue weighted by molar-refractivity contribution is -0.194. The van der Waals surface area contributed by atoms with E-state index in [0.29, 0.717) is 18.1 Å². The molecule has 0 saturated heterocycles. The standard InChI is InChI=1S/C33H57O7PS/c1-6-8-10-12-14-15-16-18-24-37-30(26-38-29-22-20-28(21-23-29)32(3,4)5)27-39-33(35,41-36)31(34)40-42-25-19-17-13-11-9-7-2/h20-23,30,35H,6-19,24-27H2,1-5H3. The van der Waals surface area contributed by atoms with Crippen molar-refractivity contribution in [2.45, 2.75) is 142 Å². The van der Waals surface area contributed by atoms with E-state index >= 15 is 0 Å². The van der Waals surface area contributed by atoms with E-state index in [-0.39, 0.29) is 18.6 Å². The second-order valence-electron chi connectivity index (χ2n) is 12.0. The fourth-order valence-electron chi connectivity index (χ4n) is 4.29. The lowest BCUT2D eigenvalue weighted by atomic mass is 9.87. The molecule has 7 nitrogen and oxygen atoms in total. The molecule has 0 aliphatic carbocycles. The Balaban J connectivity index is 2.59. The fourth-order valence-corrected chi connectivity index (χ4v) is 5.23. The lowest BCUT2D eigenvalue weighted by Gasteiger charge is -2.24. The van der Waals surface area contributed by atoms with Gasteiger partial charge in [0.15, 0.2) is 0 Å². The van der Waals surface area contributed by atoms with E-state index in [2.05, 4.69) is 34.6 Å². The summed E-state index contributed by atoms with van der Waals surface area (Å²) in [6, 6.07) is 7.91. The summed E-state index contributed by atoms with van der Waals surface area (Å²) in [5.41, 5.74) is -1.35. The van der Waals surface area contributed by atoms with Gasteiger partial charge in [-0.2, -0.15) is 0 Å². The van der Waals surface area contributed by atoms with Crippen molar-refractivity contribution in [1.29, 1.82) is 0 Å². The molecule has 2 unspecified atom stereocenters. The highest BCUT2D eigenvalue weighted by Gasteiger charge is 2.42. The Morgan fingerprint density at radius 1 is 0.833 bits per heavy atom. The number of unbranched alkanes of at least 4 members (excludes halogenated alkanes) is 12. The Labute approximate surface area is 261 Å². The number of hydrogen-bond donors (Lipinski definition) is 1. The highest BCUT2D eigenvalue weighted by molar-refractivity contribution is 7.95. The maximum atomic E-state index is 12.5. The van der Waals surface area contributed by atoms with E-state index in [4.69, 9.17) is 18.4 Å². The van der Waals surface area contributed by atoms with E-state index in [1.165, 1.54) is 63.4 Å². The van der Waals surface area contributed by atoms with Crippen LogP contribution in [0.4, 0.5) is 0 Å². The highest BCUT2D eigenvalue weighted by atomic mass is 32.2. The van der Waals surface area contributed by atoms with Crippen molar-refractivity contribution in [3.05, 3.63) is 29.8 Å². The smallest absolute Gasteiger partial charge is 0.391 e. The van der Waals surface area contributed by atoms with Crippen LogP contribution < -0.4 is 4.74 Å². The van der Waals surface area contributed by atoms with Gasteiger partial charge in [0.1, 0.15) is 18.5 Å². The van der Waals surface area contributed by atoms with Crippen LogP contribution in [0.15, 0.2) is 24.3 Å². The van der Waals surface area contributed by atoms with Crippen LogP contribution in [0.3, 0.4) is 0 Å². The normalized spacial score (nSPS) is 14.0. The van der Waals surface area contributed by atoms with Gasteiger partial charge < -0.3 is 23.5 Å². The van der Waals surface area contributed by atoms with E-state index in [1.54, 1.807) is 0 Å². The third-order valence-corrected chi connectivity index (χ3v) is 8.37. The summed E-state index contributed by atoms with van der Waals surface area (Å²) in [5.74, 6) is 0.206. The van der Waals surface area contributed by atoms with Crippen LogP contribution in [0.2, 0.25) is 0 Å². The van der Waals surface area contributed by atoms with E-state index in [1.807, 2.05) is 24.3 Å². The van der Waals surface area contributed by atoms with Gasteiger partial charge in [-0.3, -0.25) is 4.57 Å². The van der Waals surface area contributed by atoms with Gasteiger partial charge in [-0.15, -0.1) is 0 Å². The largest absolute Gasteiger partial charge is 0.491 e. The molecule has 0 bridgehead atoms. The van der Waals surface area contributed by atoms with Crippen LogP contribution in [0.5, 0.6) is 5.75 Å². The van der Waals surface area contributed by atoms with Crippen LogP contribution in [0.1, 0.15) is 130 Å². The predicted molar refractivity (Wildman–Crippen MR) is 173 cm³/mol. The number of rotatable bonds is 26. The van der Waals surface area contributed by atoms with Gasteiger partial charge in [-0.1, -0.05) is 124 Å². The first-order valence-corrected chi connectivity index (χ1v) is 17.8. The molecule has 1 aromatic rings. The molecule has 0 fully saturated rings. The molecule has 0 aromatic heterocycles. The average Bonchev–Trinajstić information content (AvgIpc) is 2.98. The maximum Gasteiger partial charge on any atom is 0.391 e. The Hall–Kier alpha value is -1.18. The third kappa shape index (κ3) is 17.8. The number of ether oxygens (including phenoxy) is 3. The molecule has 42 heavy (non-hydrogen) atoms. The number of hydrogen-bond acceptors (Lipinski definition) is 8. The summed E-state index contributed by atoms with van der Waals surface area (Å²) in [6.45, 7) is 11.3. The Morgan fingerprint density at radius 3 is 1.93 bits per heavy atom. The molecular formula is C33H57O7PS. The molecule has 242 valence electrons. The van der Waals surface area contributed by atoms with Gasteiger partial charge in [-0.25, -0.2) is 4.79 Å². The van der Waals surface area contributed by atoms with Crippen molar-refractivity contribution in [3.63, 3.8) is 0 Å². The first-order chi connectivity index (χ1) is 20.2. The minimum Gasteiger partial charge on any atom is -0.491 e. The second kappa shape index (κ2) is 23.2. The lowest BCUT2D eigenvalue weighted by Crippen LogP contribution is -2.40. The number of carbonyl (C=O) groups is 1. The fraction of sp³-hybridized carbons (Fsp3) is 0.788. The zero-order chi connectivity index (χ0) is 31.1. The molecule has 0 aliphatic heterocycles. The average molecular weight is 629 g/mol. The SMILES string of the molecule is CCCCCCCCCCOC(COc1ccc(C(C)(C)C)cc1)COC(O)(P=O)C(=O)OSCCCCCCCC. The summed E-state index contributed by atoms with van der Waals surface area (Å²) in [5, 5.41) is 10.6. The quantitative estimate of drug-likeness (QED) is 0.0470. The molecule has 1 aromatic carbocycles. The summed E-state index contributed by atoms with van der Waals surface area (Å²) < 4.78 is 34.3. The van der Waals surface area contributed by atoms with E-state index in [0.717, 1.165) is 44.1 Å². The molecule has 0 saturated carbocycles. The highest BCUT2D eigenvalue weighted by Crippen LogP contribution is 2.27. The van der Waals surface area contributed by atoms with E-state index < -0.39 is 26.1 Å². The molecule has 0 aliphatic rings. The van der Waals surface area contributed by atoms with Crippen molar-refractivity contribution in [2.75, 3.05) is 25.6 Å². The van der Waals surface area contributed by atoms with Crippen molar-refractivity contribution < 1.29 is 32.9 Å². The molecular weight excluding hydrogens is 571 g/mol. The van der Waals surface area contributed by atoms with Crippen molar-refractivity contribution in [3.8, 4) is 5.75 Å². The zero-order valence-electron chi connectivity index (χ0n) is 26.9. The third-order valence-electron chi connectivity index (χ3n) is 7.08. The first kappa shape index (κ1) is 38.8. The van der Waals surface area contributed by atoms with Crippen LogP contribution in [-0.2, 0) is 28.4 Å².